The average Bonchev–Trinajstić information content (AvgIpc) is 3.41. The number of amides is 1. The molecule has 2 aromatic heterocycles. The monoisotopic (exact) mass is 515 g/mol. The second-order valence-corrected chi connectivity index (χ2v) is 11.5. The van der Waals surface area contributed by atoms with Crippen molar-refractivity contribution in [2.24, 2.45) is 0 Å². The molecule has 7 nitrogen and oxygen atoms in total. The first kappa shape index (κ1) is 24.2. The number of aromatic nitrogens is 2. The number of rotatable bonds is 5. The lowest BCUT2D eigenvalue weighted by atomic mass is 9.98. The largest absolute Gasteiger partial charge is 0.493 e. The molecule has 0 bridgehead atoms. The van der Waals surface area contributed by atoms with Gasteiger partial charge in [-0.15, -0.1) is 11.3 Å². The van der Waals surface area contributed by atoms with E-state index in [4.69, 9.17) is 30.8 Å². The lowest BCUT2D eigenvalue weighted by molar-refractivity contribution is -0.0373. The van der Waals surface area contributed by atoms with Crippen molar-refractivity contribution in [2.75, 3.05) is 26.9 Å². The van der Waals surface area contributed by atoms with E-state index in [9.17, 15) is 4.79 Å². The summed E-state index contributed by atoms with van der Waals surface area (Å²) in [6, 6.07) is 7.86. The molecule has 0 spiro atoms. The van der Waals surface area contributed by atoms with Crippen LogP contribution < -0.4 is 9.47 Å². The van der Waals surface area contributed by atoms with Crippen LogP contribution in [0.15, 0.2) is 24.3 Å². The number of benzene rings is 1. The minimum atomic E-state index is -0.406. The van der Waals surface area contributed by atoms with Gasteiger partial charge >= 0.3 is 0 Å². The van der Waals surface area contributed by atoms with Gasteiger partial charge < -0.3 is 19.1 Å². The van der Waals surface area contributed by atoms with Gasteiger partial charge in [-0.2, -0.15) is 0 Å². The van der Waals surface area contributed by atoms with Crippen LogP contribution in [0.25, 0.3) is 16.4 Å². The Morgan fingerprint density at radius 3 is 2.69 bits per heavy atom. The Kier molecular flexibility index (Phi) is 6.32. The van der Waals surface area contributed by atoms with Crippen LogP contribution in [0.1, 0.15) is 49.4 Å². The molecule has 3 aromatic rings. The quantitative estimate of drug-likeness (QED) is 0.455. The summed E-state index contributed by atoms with van der Waals surface area (Å²) in [6.45, 7) is 9.60. The number of hydrogen-bond acceptors (Lipinski definition) is 6. The van der Waals surface area contributed by atoms with E-state index in [1.807, 2.05) is 56.9 Å². The second kappa shape index (κ2) is 9.15. The molecule has 0 radical (unpaired) electrons. The summed E-state index contributed by atoms with van der Waals surface area (Å²) in [7, 11) is 1.65. The predicted octanol–water partition coefficient (Wildman–Crippen LogP) is 5.40. The van der Waals surface area contributed by atoms with Gasteiger partial charge in [0, 0.05) is 12.6 Å². The minimum Gasteiger partial charge on any atom is -0.493 e. The highest BCUT2D eigenvalue weighted by Crippen LogP contribution is 2.41. The highest BCUT2D eigenvalue weighted by Gasteiger charge is 2.38. The number of morpholine rings is 1. The van der Waals surface area contributed by atoms with E-state index in [-0.39, 0.29) is 12.0 Å². The number of thiophene rings is 1. The number of ether oxygens (including phenoxy) is 3. The summed E-state index contributed by atoms with van der Waals surface area (Å²) in [5.41, 5.74) is 3.07. The molecule has 2 aliphatic heterocycles. The number of imidazole rings is 1. The Hall–Kier alpha value is -2.55. The summed E-state index contributed by atoms with van der Waals surface area (Å²) < 4.78 is 20.1. The summed E-state index contributed by atoms with van der Waals surface area (Å²) in [5, 5.41) is 0. The third kappa shape index (κ3) is 4.32. The molecule has 0 N–H and O–H groups in total. The van der Waals surface area contributed by atoms with Crippen LogP contribution in [0.2, 0.25) is 4.34 Å². The number of nitrogens with zero attached hydrogens (tertiary/aromatic N) is 3. The van der Waals surface area contributed by atoms with Crippen molar-refractivity contribution in [3.63, 3.8) is 0 Å². The zero-order valence-electron chi connectivity index (χ0n) is 20.7. The zero-order chi connectivity index (χ0) is 24.9. The van der Waals surface area contributed by atoms with Gasteiger partial charge in [-0.3, -0.25) is 9.36 Å². The summed E-state index contributed by atoms with van der Waals surface area (Å²) in [5.74, 6) is 2.02. The fourth-order valence-electron chi connectivity index (χ4n) is 4.84. The molecule has 0 saturated carbocycles. The van der Waals surface area contributed by atoms with Gasteiger partial charge in [0.1, 0.15) is 0 Å². The second-order valence-electron chi connectivity index (χ2n) is 9.79. The van der Waals surface area contributed by atoms with Crippen LogP contribution in [0.5, 0.6) is 11.5 Å². The fourth-order valence-corrected chi connectivity index (χ4v) is 5.86. The molecule has 4 heterocycles. The summed E-state index contributed by atoms with van der Waals surface area (Å²) in [6.07, 6.45) is 1.46. The Morgan fingerprint density at radius 1 is 1.23 bits per heavy atom. The van der Waals surface area contributed by atoms with Gasteiger partial charge in [-0.25, -0.2) is 4.98 Å². The van der Waals surface area contributed by atoms with E-state index in [1.54, 1.807) is 7.11 Å². The number of halogens is 1. The Bertz CT molecular complexity index is 1280. The van der Waals surface area contributed by atoms with Crippen molar-refractivity contribution in [3.8, 4) is 27.9 Å². The molecule has 0 aliphatic carbocycles. The van der Waals surface area contributed by atoms with Crippen molar-refractivity contribution in [1.82, 2.24) is 14.5 Å². The van der Waals surface area contributed by atoms with Crippen molar-refractivity contribution in [2.45, 2.75) is 52.2 Å². The topological polar surface area (TPSA) is 65.8 Å². The van der Waals surface area contributed by atoms with Gasteiger partial charge in [-0.1, -0.05) is 11.6 Å². The molecule has 0 unspecified atom stereocenters. The molecule has 35 heavy (non-hydrogen) atoms. The maximum atomic E-state index is 13.9. The van der Waals surface area contributed by atoms with Crippen molar-refractivity contribution >= 4 is 28.8 Å². The van der Waals surface area contributed by atoms with E-state index >= 15 is 0 Å². The van der Waals surface area contributed by atoms with Crippen LogP contribution in [-0.2, 0) is 17.6 Å². The SMILES string of the molecule is COc1cc2c(cc1OC(C)C)-n1c(-c3ccc(Cl)s3)nc(C(=O)N3CCOCC3(C)C)c1CC2. The molecule has 9 heteroatoms. The third-order valence-corrected chi connectivity index (χ3v) is 7.69. The van der Waals surface area contributed by atoms with E-state index in [0.29, 0.717) is 53.5 Å². The van der Waals surface area contributed by atoms with Gasteiger partial charge in [0.2, 0.25) is 0 Å². The molecule has 1 fully saturated rings. The number of aryl methyl sites for hydroxylation is 1. The molecule has 5 rings (SSSR count). The van der Waals surface area contributed by atoms with Crippen molar-refractivity contribution < 1.29 is 19.0 Å². The van der Waals surface area contributed by atoms with Gasteiger partial charge in [0.15, 0.2) is 23.0 Å². The average molecular weight is 516 g/mol. The lowest BCUT2D eigenvalue weighted by Gasteiger charge is -2.41. The Balaban J connectivity index is 1.70. The highest BCUT2D eigenvalue weighted by molar-refractivity contribution is 7.19. The van der Waals surface area contributed by atoms with Crippen LogP contribution in [-0.4, -0.2) is 58.9 Å². The van der Waals surface area contributed by atoms with E-state index in [2.05, 4.69) is 4.57 Å². The Morgan fingerprint density at radius 2 is 2.03 bits per heavy atom. The summed E-state index contributed by atoms with van der Waals surface area (Å²) >= 11 is 7.75. The fraction of sp³-hybridized carbons (Fsp3) is 0.462. The molecule has 1 saturated heterocycles. The molecule has 1 amide bonds. The molecular weight excluding hydrogens is 486 g/mol. The maximum absolute atomic E-state index is 13.9. The first-order valence-electron chi connectivity index (χ1n) is 11.8. The van der Waals surface area contributed by atoms with Crippen molar-refractivity contribution in [1.29, 1.82) is 0 Å². The molecule has 2 aliphatic rings. The number of methoxy groups -OCH3 is 1. The maximum Gasteiger partial charge on any atom is 0.274 e. The van der Waals surface area contributed by atoms with Gasteiger partial charge in [0.25, 0.3) is 5.91 Å². The molecule has 0 atom stereocenters. The number of carbonyl (C=O) groups is 1. The molecular formula is C26H30ClN3O4S. The Labute approximate surface area is 214 Å². The van der Waals surface area contributed by atoms with E-state index in [0.717, 1.165) is 28.2 Å². The normalized spacial score (nSPS) is 16.7. The summed E-state index contributed by atoms with van der Waals surface area (Å²) in [4.78, 5) is 21.6. The van der Waals surface area contributed by atoms with Crippen molar-refractivity contribution in [3.05, 3.63) is 45.6 Å². The molecule has 1 aromatic carbocycles. The minimum absolute atomic E-state index is 0.0101. The van der Waals surface area contributed by atoms with Crippen LogP contribution in [0.4, 0.5) is 0 Å². The highest BCUT2D eigenvalue weighted by atomic mass is 35.5. The smallest absolute Gasteiger partial charge is 0.274 e. The molecule has 186 valence electrons. The predicted molar refractivity (Wildman–Crippen MR) is 138 cm³/mol. The number of hydrogen-bond donors (Lipinski definition) is 0. The first-order chi connectivity index (χ1) is 16.7. The number of fused-ring (bicyclic) bond motifs is 3. The van der Waals surface area contributed by atoms with Gasteiger partial charge in [-0.05, 0) is 64.3 Å². The van der Waals surface area contributed by atoms with E-state index in [1.165, 1.54) is 11.3 Å². The van der Waals surface area contributed by atoms with Crippen LogP contribution >= 0.6 is 22.9 Å². The number of carbonyl (C=O) groups excluding carboxylic acids is 1. The zero-order valence-corrected chi connectivity index (χ0v) is 22.3. The van der Waals surface area contributed by atoms with Crippen LogP contribution in [0, 0.1) is 0 Å². The standard InChI is InChI=1S/C26H30ClN3O4S/c1-15(2)34-20-13-18-16(12-19(20)32-5)6-7-17-23(25(31)29-10-11-33-14-26(29,3)4)28-24(30(17)18)21-8-9-22(27)35-21/h8-9,12-13,15H,6-7,10-11,14H2,1-5H3. The first-order valence-corrected chi connectivity index (χ1v) is 13.0. The van der Waals surface area contributed by atoms with Crippen LogP contribution in [0.3, 0.4) is 0 Å². The lowest BCUT2D eigenvalue weighted by Crippen LogP contribution is -2.55. The van der Waals surface area contributed by atoms with Gasteiger partial charge in [0.05, 0.1) is 52.6 Å². The third-order valence-electron chi connectivity index (χ3n) is 6.46. The van der Waals surface area contributed by atoms with E-state index < -0.39 is 5.54 Å².